The summed E-state index contributed by atoms with van der Waals surface area (Å²) in [5.41, 5.74) is 4.45. The number of hydrogen-bond donors (Lipinski definition) is 2. The van der Waals surface area contributed by atoms with E-state index < -0.39 is 0 Å². The lowest BCUT2D eigenvalue weighted by Gasteiger charge is -2.42. The van der Waals surface area contributed by atoms with Gasteiger partial charge in [-0.05, 0) is 55.1 Å². The first-order valence-corrected chi connectivity index (χ1v) is 11.3. The summed E-state index contributed by atoms with van der Waals surface area (Å²) in [5.74, 6) is 0.0999. The second kappa shape index (κ2) is 8.35. The SMILES string of the molecule is O=C(CN1Cc2ccccc2NC2(CCNCC2)CC1=O)N1CCc2ccccc2C1. The molecule has 6 nitrogen and oxygen atoms in total. The molecule has 3 heterocycles. The molecule has 0 atom stereocenters. The van der Waals surface area contributed by atoms with Crippen LogP contribution in [0.2, 0.25) is 0 Å². The minimum Gasteiger partial charge on any atom is -0.379 e. The van der Waals surface area contributed by atoms with Gasteiger partial charge < -0.3 is 20.4 Å². The lowest BCUT2D eigenvalue weighted by atomic mass is 9.83. The Bertz CT molecular complexity index is 983. The fourth-order valence-electron chi connectivity index (χ4n) is 5.13. The van der Waals surface area contributed by atoms with E-state index in [1.54, 1.807) is 4.90 Å². The van der Waals surface area contributed by atoms with Crippen molar-refractivity contribution >= 4 is 17.5 Å². The molecule has 3 aliphatic heterocycles. The number of nitrogens with zero attached hydrogens (tertiary/aromatic N) is 2. The van der Waals surface area contributed by atoms with Gasteiger partial charge >= 0.3 is 0 Å². The van der Waals surface area contributed by atoms with Gasteiger partial charge in [0.25, 0.3) is 0 Å². The minimum atomic E-state index is -0.246. The topological polar surface area (TPSA) is 64.7 Å². The van der Waals surface area contributed by atoms with Crippen LogP contribution < -0.4 is 10.6 Å². The molecule has 3 aliphatic rings. The van der Waals surface area contributed by atoms with Crippen molar-refractivity contribution in [2.75, 3.05) is 31.5 Å². The molecule has 1 fully saturated rings. The van der Waals surface area contributed by atoms with Gasteiger partial charge in [0.1, 0.15) is 6.54 Å². The summed E-state index contributed by atoms with van der Waals surface area (Å²) in [7, 11) is 0. The van der Waals surface area contributed by atoms with Gasteiger partial charge in [0.15, 0.2) is 0 Å². The molecule has 0 unspecified atom stereocenters. The molecule has 0 bridgehead atoms. The molecule has 1 saturated heterocycles. The Kier molecular flexibility index (Phi) is 5.40. The van der Waals surface area contributed by atoms with Crippen molar-refractivity contribution < 1.29 is 9.59 Å². The summed E-state index contributed by atoms with van der Waals surface area (Å²) in [6, 6.07) is 16.5. The average Bonchev–Trinajstić information content (AvgIpc) is 2.79. The third-order valence-corrected chi connectivity index (χ3v) is 6.99. The zero-order valence-corrected chi connectivity index (χ0v) is 17.9. The first-order chi connectivity index (χ1) is 15.1. The predicted octanol–water partition coefficient (Wildman–Crippen LogP) is 2.54. The third-order valence-electron chi connectivity index (χ3n) is 6.99. The van der Waals surface area contributed by atoms with Crippen LogP contribution in [0.4, 0.5) is 5.69 Å². The zero-order valence-electron chi connectivity index (χ0n) is 17.9. The lowest BCUT2D eigenvalue weighted by molar-refractivity contribution is -0.142. The highest BCUT2D eigenvalue weighted by atomic mass is 16.2. The highest BCUT2D eigenvalue weighted by Crippen LogP contribution is 2.33. The normalized spacial score (nSPS) is 20.3. The predicted molar refractivity (Wildman–Crippen MR) is 120 cm³/mol. The van der Waals surface area contributed by atoms with Crippen molar-refractivity contribution in [3.63, 3.8) is 0 Å². The molecule has 2 aromatic carbocycles. The Morgan fingerprint density at radius 2 is 1.65 bits per heavy atom. The third kappa shape index (κ3) is 4.17. The molecular weight excluding hydrogens is 388 g/mol. The number of anilines is 1. The standard InChI is InChI=1S/C25H30N4O2/c30-23-15-25(10-12-26-13-11-25)27-22-8-4-3-7-21(22)17-29(23)18-24(31)28-14-9-19-5-1-2-6-20(19)16-28/h1-8,26-27H,9-18H2. The van der Waals surface area contributed by atoms with Crippen molar-refractivity contribution in [3.05, 3.63) is 65.2 Å². The first-order valence-electron chi connectivity index (χ1n) is 11.3. The van der Waals surface area contributed by atoms with Gasteiger partial charge in [-0.2, -0.15) is 0 Å². The maximum atomic E-state index is 13.4. The van der Waals surface area contributed by atoms with E-state index in [4.69, 9.17) is 0 Å². The monoisotopic (exact) mass is 418 g/mol. The van der Waals surface area contributed by atoms with Crippen LogP contribution in [0.5, 0.6) is 0 Å². The van der Waals surface area contributed by atoms with Crippen LogP contribution in [-0.2, 0) is 29.1 Å². The van der Waals surface area contributed by atoms with Crippen LogP contribution >= 0.6 is 0 Å². The van der Waals surface area contributed by atoms with Crippen molar-refractivity contribution in [3.8, 4) is 0 Å². The first kappa shape index (κ1) is 20.1. The molecule has 162 valence electrons. The molecule has 5 rings (SSSR count). The van der Waals surface area contributed by atoms with Gasteiger partial charge in [-0.1, -0.05) is 42.5 Å². The van der Waals surface area contributed by atoms with Crippen LogP contribution in [-0.4, -0.2) is 53.3 Å². The molecule has 1 spiro atoms. The van der Waals surface area contributed by atoms with Crippen LogP contribution in [0.1, 0.15) is 36.0 Å². The smallest absolute Gasteiger partial charge is 0.242 e. The maximum Gasteiger partial charge on any atom is 0.242 e. The second-order valence-electron chi connectivity index (χ2n) is 9.07. The molecule has 2 aromatic rings. The number of benzene rings is 2. The number of fused-ring (bicyclic) bond motifs is 2. The van der Waals surface area contributed by atoms with Crippen molar-refractivity contribution in [1.82, 2.24) is 15.1 Å². The Morgan fingerprint density at radius 1 is 0.935 bits per heavy atom. The molecule has 0 aliphatic carbocycles. The van der Waals surface area contributed by atoms with Gasteiger partial charge in [-0.25, -0.2) is 0 Å². The van der Waals surface area contributed by atoms with Crippen LogP contribution in [0.25, 0.3) is 0 Å². The summed E-state index contributed by atoms with van der Waals surface area (Å²) in [6.07, 6.45) is 3.10. The van der Waals surface area contributed by atoms with E-state index in [0.29, 0.717) is 26.1 Å². The maximum absolute atomic E-state index is 13.4. The van der Waals surface area contributed by atoms with Gasteiger partial charge in [0.05, 0.1) is 0 Å². The second-order valence-corrected chi connectivity index (χ2v) is 9.07. The molecule has 2 N–H and O–H groups in total. The molecule has 31 heavy (non-hydrogen) atoms. The fraction of sp³-hybridized carbons (Fsp3) is 0.440. The van der Waals surface area contributed by atoms with Gasteiger partial charge in [-0.15, -0.1) is 0 Å². The Balaban J connectivity index is 1.36. The Labute approximate surface area is 183 Å². The summed E-state index contributed by atoms with van der Waals surface area (Å²) in [4.78, 5) is 30.2. The molecular formula is C25H30N4O2. The fourth-order valence-corrected chi connectivity index (χ4v) is 5.13. The van der Waals surface area contributed by atoms with Crippen LogP contribution in [0.3, 0.4) is 0 Å². The Morgan fingerprint density at radius 3 is 2.45 bits per heavy atom. The van der Waals surface area contributed by atoms with E-state index in [1.165, 1.54) is 11.1 Å². The summed E-state index contributed by atoms with van der Waals surface area (Å²) in [6.45, 7) is 3.75. The molecule has 6 heteroatoms. The quantitative estimate of drug-likeness (QED) is 0.787. The van der Waals surface area contributed by atoms with E-state index in [1.807, 2.05) is 23.1 Å². The van der Waals surface area contributed by atoms with Crippen molar-refractivity contribution in [1.29, 1.82) is 0 Å². The largest absolute Gasteiger partial charge is 0.379 e. The summed E-state index contributed by atoms with van der Waals surface area (Å²) in [5, 5.41) is 7.11. The number of rotatable bonds is 2. The average molecular weight is 419 g/mol. The molecule has 0 saturated carbocycles. The molecule has 2 amide bonds. The number of piperidine rings is 1. The molecule has 0 aromatic heterocycles. The van der Waals surface area contributed by atoms with E-state index in [2.05, 4.69) is 41.0 Å². The van der Waals surface area contributed by atoms with Crippen LogP contribution in [0.15, 0.2) is 48.5 Å². The number of nitrogens with one attached hydrogen (secondary N) is 2. The number of carbonyl (C=O) groups excluding carboxylic acids is 2. The van der Waals surface area contributed by atoms with E-state index >= 15 is 0 Å². The van der Waals surface area contributed by atoms with Gasteiger partial charge in [-0.3, -0.25) is 9.59 Å². The van der Waals surface area contributed by atoms with Crippen molar-refractivity contribution in [2.24, 2.45) is 0 Å². The van der Waals surface area contributed by atoms with E-state index in [0.717, 1.165) is 43.6 Å². The number of amides is 2. The van der Waals surface area contributed by atoms with Gasteiger partial charge in [0, 0.05) is 37.3 Å². The summed E-state index contributed by atoms with van der Waals surface area (Å²) >= 11 is 0. The van der Waals surface area contributed by atoms with Crippen LogP contribution in [0, 0.1) is 0 Å². The number of hydrogen-bond acceptors (Lipinski definition) is 4. The van der Waals surface area contributed by atoms with E-state index in [-0.39, 0.29) is 23.9 Å². The van der Waals surface area contributed by atoms with Gasteiger partial charge in [0.2, 0.25) is 11.8 Å². The zero-order chi connectivity index (χ0) is 21.3. The highest BCUT2D eigenvalue weighted by molar-refractivity contribution is 5.86. The summed E-state index contributed by atoms with van der Waals surface area (Å²) < 4.78 is 0. The van der Waals surface area contributed by atoms with Crippen molar-refractivity contribution in [2.45, 2.75) is 44.3 Å². The lowest BCUT2D eigenvalue weighted by Crippen LogP contribution is -2.53. The highest BCUT2D eigenvalue weighted by Gasteiger charge is 2.38. The molecule has 0 radical (unpaired) electrons. The van der Waals surface area contributed by atoms with E-state index in [9.17, 15) is 9.59 Å². The minimum absolute atomic E-state index is 0.0354. The number of carbonyl (C=O) groups is 2. The Hall–Kier alpha value is -2.86. The number of para-hydroxylation sites is 1.